The second-order valence-electron chi connectivity index (χ2n) is 8.73. The molecule has 7 nitrogen and oxygen atoms in total. The lowest BCUT2D eigenvalue weighted by atomic mass is 10.0. The fourth-order valence-corrected chi connectivity index (χ4v) is 4.51. The van der Waals surface area contributed by atoms with E-state index in [0.29, 0.717) is 24.8 Å². The first-order valence-corrected chi connectivity index (χ1v) is 11.6. The van der Waals surface area contributed by atoms with Crippen molar-refractivity contribution in [3.05, 3.63) is 65.8 Å². The quantitative estimate of drug-likeness (QED) is 0.399. The zero-order chi connectivity index (χ0) is 23.5. The number of fused-ring (bicyclic) bond motifs is 1. The Labute approximate surface area is 195 Å². The average Bonchev–Trinajstić information content (AvgIpc) is 3.60. The van der Waals surface area contributed by atoms with Crippen molar-refractivity contribution in [3.8, 4) is 11.4 Å². The van der Waals surface area contributed by atoms with Crippen LogP contribution in [0.25, 0.3) is 22.4 Å². The Morgan fingerprint density at radius 1 is 1.12 bits per heavy atom. The highest BCUT2D eigenvalue weighted by Crippen LogP contribution is 2.29. The van der Waals surface area contributed by atoms with Crippen LogP contribution < -0.4 is 5.32 Å². The highest BCUT2D eigenvalue weighted by Gasteiger charge is 2.17. The summed E-state index contributed by atoms with van der Waals surface area (Å²) in [6, 6.07) is 8.84. The summed E-state index contributed by atoms with van der Waals surface area (Å²) in [4.78, 5) is 21.2. The van der Waals surface area contributed by atoms with Gasteiger partial charge in [0.2, 0.25) is 11.7 Å². The molecule has 0 bridgehead atoms. The summed E-state index contributed by atoms with van der Waals surface area (Å²) >= 11 is 0. The summed E-state index contributed by atoms with van der Waals surface area (Å²) in [6.45, 7) is 0.777. The highest BCUT2D eigenvalue weighted by atomic mass is 19.2. The number of aryl methyl sites for hydroxylation is 1. The van der Waals surface area contributed by atoms with Crippen LogP contribution in [-0.4, -0.2) is 32.1 Å². The van der Waals surface area contributed by atoms with Crippen LogP contribution in [0.2, 0.25) is 0 Å². The van der Waals surface area contributed by atoms with Gasteiger partial charge in [0.1, 0.15) is 0 Å². The zero-order valence-corrected chi connectivity index (χ0v) is 18.6. The number of nitrogens with zero attached hydrogens (tertiary/aromatic N) is 4. The Kier molecular flexibility index (Phi) is 6.33. The lowest BCUT2D eigenvalue weighted by Crippen LogP contribution is -2.27. The Morgan fingerprint density at radius 2 is 1.97 bits per heavy atom. The van der Waals surface area contributed by atoms with Gasteiger partial charge in [-0.2, -0.15) is 4.98 Å². The molecule has 5 rings (SSSR count). The Balaban J connectivity index is 1.20. The summed E-state index contributed by atoms with van der Waals surface area (Å²) < 4.78 is 33.7. The lowest BCUT2D eigenvalue weighted by Gasteiger charge is -2.07. The molecule has 1 fully saturated rings. The third kappa shape index (κ3) is 4.83. The lowest BCUT2D eigenvalue weighted by molar-refractivity contribution is 0.0952. The number of imidazole rings is 1. The molecule has 1 N–H and O–H groups in total. The summed E-state index contributed by atoms with van der Waals surface area (Å²) in [5.74, 6) is -0.502. The minimum atomic E-state index is -1.05. The van der Waals surface area contributed by atoms with Crippen LogP contribution in [0.3, 0.4) is 0 Å². The molecule has 0 aliphatic heterocycles. The molecule has 0 radical (unpaired) electrons. The predicted molar refractivity (Wildman–Crippen MR) is 122 cm³/mol. The van der Waals surface area contributed by atoms with Crippen molar-refractivity contribution in [2.45, 2.75) is 45.1 Å². The molecule has 0 saturated heterocycles. The molecule has 1 aliphatic rings. The molecule has 2 heterocycles. The van der Waals surface area contributed by atoms with Crippen LogP contribution in [0.1, 0.15) is 48.4 Å². The maximum Gasteiger partial charge on any atom is 0.251 e. The molecule has 1 saturated carbocycles. The monoisotopic (exact) mass is 465 g/mol. The molecule has 2 aromatic carbocycles. The number of nitrogens with one attached hydrogen (secondary N) is 1. The van der Waals surface area contributed by atoms with Crippen molar-refractivity contribution < 1.29 is 18.1 Å². The Morgan fingerprint density at radius 3 is 2.79 bits per heavy atom. The topological polar surface area (TPSA) is 85.8 Å². The van der Waals surface area contributed by atoms with Crippen LogP contribution >= 0.6 is 0 Å². The van der Waals surface area contributed by atoms with E-state index in [-0.39, 0.29) is 5.56 Å². The summed E-state index contributed by atoms with van der Waals surface area (Å²) in [7, 11) is 0. The number of halogens is 2. The van der Waals surface area contributed by atoms with Gasteiger partial charge in [-0.25, -0.2) is 13.8 Å². The first-order valence-electron chi connectivity index (χ1n) is 11.6. The van der Waals surface area contributed by atoms with Crippen molar-refractivity contribution in [1.29, 1.82) is 0 Å². The normalized spacial score (nSPS) is 14.2. The zero-order valence-electron chi connectivity index (χ0n) is 18.6. The highest BCUT2D eigenvalue weighted by molar-refractivity contribution is 5.94. The third-order valence-electron chi connectivity index (χ3n) is 6.41. The van der Waals surface area contributed by atoms with Crippen LogP contribution in [0.4, 0.5) is 8.78 Å². The van der Waals surface area contributed by atoms with Gasteiger partial charge in [0, 0.05) is 30.6 Å². The molecular weight excluding hydrogens is 440 g/mol. The Bertz CT molecular complexity index is 1310. The van der Waals surface area contributed by atoms with Crippen LogP contribution in [0, 0.1) is 17.6 Å². The van der Waals surface area contributed by atoms with Gasteiger partial charge in [-0.05, 0) is 48.7 Å². The second-order valence-corrected chi connectivity index (χ2v) is 8.73. The number of amides is 1. The van der Waals surface area contributed by atoms with Crippen molar-refractivity contribution in [2.75, 3.05) is 6.54 Å². The molecule has 1 amide bonds. The minimum Gasteiger partial charge on any atom is -0.350 e. The second kappa shape index (κ2) is 9.70. The maximum absolute atomic E-state index is 13.3. The number of carbonyl (C=O) groups is 1. The van der Waals surface area contributed by atoms with Crippen LogP contribution in [-0.2, 0) is 13.0 Å². The molecule has 176 valence electrons. The van der Waals surface area contributed by atoms with E-state index >= 15 is 0 Å². The number of carbonyl (C=O) groups excluding carboxylic acids is 1. The van der Waals surface area contributed by atoms with E-state index in [1.165, 1.54) is 31.7 Å². The van der Waals surface area contributed by atoms with Gasteiger partial charge in [0.25, 0.3) is 5.91 Å². The molecule has 2 aromatic heterocycles. The SMILES string of the molecule is O=C(NCCn1cnc2cc(-c3noc(CCC4CCCC4)n3)ccc21)c1ccc(F)c(F)c1. The Hall–Kier alpha value is -3.62. The van der Waals surface area contributed by atoms with Crippen molar-refractivity contribution in [2.24, 2.45) is 5.92 Å². The molecular formula is C25H25F2N5O2. The third-order valence-corrected chi connectivity index (χ3v) is 6.41. The molecule has 0 atom stereocenters. The van der Waals surface area contributed by atoms with E-state index < -0.39 is 17.5 Å². The van der Waals surface area contributed by atoms with Gasteiger partial charge in [0.05, 0.1) is 17.4 Å². The first-order chi connectivity index (χ1) is 16.6. The van der Waals surface area contributed by atoms with E-state index in [4.69, 9.17) is 4.52 Å². The molecule has 9 heteroatoms. The van der Waals surface area contributed by atoms with E-state index in [1.54, 1.807) is 6.33 Å². The fourth-order valence-electron chi connectivity index (χ4n) is 4.51. The van der Waals surface area contributed by atoms with Crippen LogP contribution in [0.5, 0.6) is 0 Å². The number of aromatic nitrogens is 4. The smallest absolute Gasteiger partial charge is 0.251 e. The molecule has 1 aliphatic carbocycles. The van der Waals surface area contributed by atoms with Crippen molar-refractivity contribution in [1.82, 2.24) is 25.0 Å². The van der Waals surface area contributed by atoms with Crippen molar-refractivity contribution >= 4 is 16.9 Å². The van der Waals surface area contributed by atoms with Gasteiger partial charge >= 0.3 is 0 Å². The fraction of sp³-hybridized carbons (Fsp3) is 0.360. The minimum absolute atomic E-state index is 0.0711. The average molecular weight is 466 g/mol. The summed E-state index contributed by atoms with van der Waals surface area (Å²) in [5, 5.41) is 6.85. The van der Waals surface area contributed by atoms with Gasteiger partial charge in [-0.15, -0.1) is 0 Å². The van der Waals surface area contributed by atoms with E-state index in [9.17, 15) is 13.6 Å². The van der Waals surface area contributed by atoms with E-state index in [2.05, 4.69) is 20.4 Å². The molecule has 0 unspecified atom stereocenters. The van der Waals surface area contributed by atoms with E-state index in [0.717, 1.165) is 47.5 Å². The largest absolute Gasteiger partial charge is 0.350 e. The predicted octanol–water partition coefficient (Wildman–Crippen LogP) is 4.92. The van der Waals surface area contributed by atoms with Crippen molar-refractivity contribution in [3.63, 3.8) is 0 Å². The maximum atomic E-state index is 13.3. The van der Waals surface area contributed by atoms with Gasteiger partial charge in [-0.1, -0.05) is 30.8 Å². The molecule has 4 aromatic rings. The van der Waals surface area contributed by atoms with E-state index in [1.807, 2.05) is 22.8 Å². The molecule has 34 heavy (non-hydrogen) atoms. The summed E-state index contributed by atoms with van der Waals surface area (Å²) in [6.07, 6.45) is 8.85. The molecule has 0 spiro atoms. The summed E-state index contributed by atoms with van der Waals surface area (Å²) in [5.41, 5.74) is 2.58. The number of rotatable bonds is 8. The van der Waals surface area contributed by atoms with Gasteiger partial charge < -0.3 is 14.4 Å². The van der Waals surface area contributed by atoms with Crippen LogP contribution in [0.15, 0.2) is 47.2 Å². The number of hydrogen-bond donors (Lipinski definition) is 1. The first kappa shape index (κ1) is 22.2. The number of hydrogen-bond acceptors (Lipinski definition) is 5. The standard InChI is InChI=1S/C25H25F2N5O2/c26-19-8-6-18(13-20(19)27)25(33)28-11-12-32-15-29-21-14-17(7-9-22(21)32)24-30-23(34-31-24)10-5-16-3-1-2-4-16/h6-9,13-16H,1-5,10-12H2,(H,28,33). The van der Waals surface area contributed by atoms with Gasteiger partial charge in [0.15, 0.2) is 11.6 Å². The van der Waals surface area contributed by atoms with Gasteiger partial charge in [-0.3, -0.25) is 4.79 Å². The number of benzene rings is 2.